The summed E-state index contributed by atoms with van der Waals surface area (Å²) in [6.45, 7) is 4.96. The number of aromatic nitrogens is 5. The van der Waals surface area contributed by atoms with E-state index >= 15 is 0 Å². The number of aryl methyl sites for hydroxylation is 2. The summed E-state index contributed by atoms with van der Waals surface area (Å²) in [7, 11) is 1.94. The molecule has 4 heterocycles. The molecule has 3 aromatic heterocycles. The first-order chi connectivity index (χ1) is 14.2. The summed E-state index contributed by atoms with van der Waals surface area (Å²) in [5.74, 6) is 1.92. The highest BCUT2D eigenvalue weighted by atomic mass is 15.3. The molecular weight excluding hydrogens is 362 g/mol. The van der Waals surface area contributed by atoms with Crippen LogP contribution in [0.1, 0.15) is 24.1 Å². The van der Waals surface area contributed by atoms with Crippen molar-refractivity contribution in [2.75, 3.05) is 23.3 Å². The third-order valence-corrected chi connectivity index (χ3v) is 5.46. The van der Waals surface area contributed by atoms with Gasteiger partial charge in [-0.15, -0.1) is 0 Å². The first kappa shape index (κ1) is 17.7. The summed E-state index contributed by atoms with van der Waals surface area (Å²) in [6.07, 6.45) is 4.50. The molecule has 1 fully saturated rings. The average Bonchev–Trinajstić information content (AvgIpc) is 3.46. The van der Waals surface area contributed by atoms with Gasteiger partial charge in [0.2, 0.25) is 0 Å². The SMILES string of the molecule is Cc1cc(-c2nc3ccc(NCc4ccc(N5CCCC5)nc4)cc3[nH]2)n(C)n1. The third-order valence-electron chi connectivity index (χ3n) is 5.46. The van der Waals surface area contributed by atoms with E-state index in [9.17, 15) is 0 Å². The summed E-state index contributed by atoms with van der Waals surface area (Å²) in [6, 6.07) is 12.5. The molecule has 0 bridgehead atoms. The van der Waals surface area contributed by atoms with E-state index < -0.39 is 0 Å². The van der Waals surface area contributed by atoms with Gasteiger partial charge in [0.15, 0.2) is 5.82 Å². The maximum absolute atomic E-state index is 4.71. The largest absolute Gasteiger partial charge is 0.381 e. The maximum atomic E-state index is 4.71. The highest BCUT2D eigenvalue weighted by Crippen LogP contribution is 2.24. The van der Waals surface area contributed by atoms with Gasteiger partial charge in [-0.3, -0.25) is 4.68 Å². The predicted molar refractivity (Wildman–Crippen MR) is 116 cm³/mol. The number of hydrogen-bond donors (Lipinski definition) is 2. The van der Waals surface area contributed by atoms with Crippen molar-refractivity contribution in [1.29, 1.82) is 0 Å². The van der Waals surface area contributed by atoms with Crippen molar-refractivity contribution in [3.8, 4) is 11.5 Å². The number of nitrogens with zero attached hydrogens (tertiary/aromatic N) is 5. The van der Waals surface area contributed by atoms with Crippen molar-refractivity contribution in [3.05, 3.63) is 53.9 Å². The summed E-state index contributed by atoms with van der Waals surface area (Å²) < 4.78 is 1.85. The molecule has 148 valence electrons. The minimum absolute atomic E-state index is 0.737. The van der Waals surface area contributed by atoms with Gasteiger partial charge in [0, 0.05) is 38.6 Å². The quantitative estimate of drug-likeness (QED) is 0.544. The van der Waals surface area contributed by atoms with Crippen LogP contribution in [0, 0.1) is 6.92 Å². The van der Waals surface area contributed by atoms with Crippen LogP contribution >= 0.6 is 0 Å². The molecule has 1 saturated heterocycles. The number of aromatic amines is 1. The minimum Gasteiger partial charge on any atom is -0.381 e. The van der Waals surface area contributed by atoms with Gasteiger partial charge in [0.1, 0.15) is 11.5 Å². The van der Waals surface area contributed by atoms with Crippen molar-refractivity contribution in [3.63, 3.8) is 0 Å². The molecule has 1 aromatic carbocycles. The van der Waals surface area contributed by atoms with E-state index in [2.05, 4.69) is 49.5 Å². The van der Waals surface area contributed by atoms with Gasteiger partial charge in [0.05, 0.1) is 16.7 Å². The van der Waals surface area contributed by atoms with Crippen LogP contribution in [0.3, 0.4) is 0 Å². The Morgan fingerprint density at radius 2 is 1.97 bits per heavy atom. The third kappa shape index (κ3) is 3.55. The van der Waals surface area contributed by atoms with Crippen LogP contribution in [-0.2, 0) is 13.6 Å². The van der Waals surface area contributed by atoms with Crippen LogP contribution in [0.15, 0.2) is 42.6 Å². The minimum atomic E-state index is 0.737. The Kier molecular flexibility index (Phi) is 4.42. The fourth-order valence-electron chi connectivity index (χ4n) is 3.93. The van der Waals surface area contributed by atoms with Crippen LogP contribution in [0.4, 0.5) is 11.5 Å². The van der Waals surface area contributed by atoms with Crippen molar-refractivity contribution < 1.29 is 0 Å². The highest BCUT2D eigenvalue weighted by molar-refractivity contribution is 5.82. The van der Waals surface area contributed by atoms with Gasteiger partial charge in [-0.1, -0.05) is 6.07 Å². The Labute approximate surface area is 169 Å². The molecule has 0 unspecified atom stereocenters. The number of anilines is 2. The van der Waals surface area contributed by atoms with Gasteiger partial charge in [-0.05, 0) is 55.7 Å². The van der Waals surface area contributed by atoms with E-state index in [0.29, 0.717) is 0 Å². The topological polar surface area (TPSA) is 74.7 Å². The number of imidazole rings is 1. The van der Waals surface area contributed by atoms with Crippen molar-refractivity contribution in [2.45, 2.75) is 26.3 Å². The van der Waals surface area contributed by atoms with Gasteiger partial charge in [-0.2, -0.15) is 5.10 Å². The Balaban J connectivity index is 1.30. The predicted octanol–water partition coefficient (Wildman–Crippen LogP) is 3.88. The summed E-state index contributed by atoms with van der Waals surface area (Å²) in [5.41, 5.74) is 6.14. The Hall–Kier alpha value is -3.35. The van der Waals surface area contributed by atoms with Gasteiger partial charge in [-0.25, -0.2) is 9.97 Å². The summed E-state index contributed by atoms with van der Waals surface area (Å²) in [4.78, 5) is 15.1. The van der Waals surface area contributed by atoms with Crippen molar-refractivity contribution in [2.24, 2.45) is 7.05 Å². The van der Waals surface area contributed by atoms with E-state index in [0.717, 1.165) is 59.4 Å². The van der Waals surface area contributed by atoms with Crippen LogP contribution in [0.2, 0.25) is 0 Å². The number of benzene rings is 1. The molecule has 1 aliphatic heterocycles. The first-order valence-electron chi connectivity index (χ1n) is 10.1. The van der Waals surface area contributed by atoms with Crippen LogP contribution in [0.5, 0.6) is 0 Å². The fourth-order valence-corrected chi connectivity index (χ4v) is 3.93. The molecule has 0 saturated carbocycles. The molecule has 0 radical (unpaired) electrons. The van der Waals surface area contributed by atoms with Crippen LogP contribution < -0.4 is 10.2 Å². The molecule has 1 aliphatic rings. The number of nitrogens with one attached hydrogen (secondary N) is 2. The van der Waals surface area contributed by atoms with Crippen molar-refractivity contribution >= 4 is 22.5 Å². The molecule has 0 aliphatic carbocycles. The molecule has 0 amide bonds. The number of H-pyrrole nitrogens is 1. The molecular formula is C22H25N7. The van der Waals surface area contributed by atoms with E-state index in [1.165, 1.54) is 18.4 Å². The van der Waals surface area contributed by atoms with Crippen LogP contribution in [0.25, 0.3) is 22.6 Å². The maximum Gasteiger partial charge on any atom is 0.156 e. The normalized spacial score (nSPS) is 14.1. The zero-order valence-corrected chi connectivity index (χ0v) is 16.8. The number of fused-ring (bicyclic) bond motifs is 1. The summed E-state index contributed by atoms with van der Waals surface area (Å²) >= 11 is 0. The molecule has 4 aromatic rings. The lowest BCUT2D eigenvalue weighted by Crippen LogP contribution is -2.18. The van der Waals surface area contributed by atoms with E-state index in [-0.39, 0.29) is 0 Å². The Bertz CT molecular complexity index is 1130. The average molecular weight is 387 g/mol. The number of rotatable bonds is 5. The second kappa shape index (κ2) is 7.24. The van der Waals surface area contributed by atoms with Crippen molar-refractivity contribution in [1.82, 2.24) is 24.7 Å². The van der Waals surface area contributed by atoms with E-state index in [1.807, 2.05) is 37.0 Å². The molecule has 7 nitrogen and oxygen atoms in total. The lowest BCUT2D eigenvalue weighted by atomic mass is 10.2. The van der Waals surface area contributed by atoms with E-state index in [4.69, 9.17) is 4.98 Å². The first-order valence-corrected chi connectivity index (χ1v) is 10.1. The molecule has 0 spiro atoms. The van der Waals surface area contributed by atoms with Gasteiger partial charge in [0.25, 0.3) is 0 Å². The molecule has 7 heteroatoms. The Morgan fingerprint density at radius 3 is 2.69 bits per heavy atom. The second-order valence-corrected chi connectivity index (χ2v) is 7.68. The van der Waals surface area contributed by atoms with E-state index in [1.54, 1.807) is 0 Å². The molecule has 29 heavy (non-hydrogen) atoms. The Morgan fingerprint density at radius 1 is 1.10 bits per heavy atom. The molecule has 5 rings (SSSR count). The second-order valence-electron chi connectivity index (χ2n) is 7.68. The lowest BCUT2D eigenvalue weighted by molar-refractivity contribution is 0.760. The lowest BCUT2D eigenvalue weighted by Gasteiger charge is -2.16. The highest BCUT2D eigenvalue weighted by Gasteiger charge is 2.13. The van der Waals surface area contributed by atoms with Gasteiger partial charge >= 0.3 is 0 Å². The monoisotopic (exact) mass is 387 g/mol. The zero-order chi connectivity index (χ0) is 19.8. The number of pyridine rings is 1. The smallest absolute Gasteiger partial charge is 0.156 e. The van der Waals surface area contributed by atoms with Crippen LogP contribution in [-0.4, -0.2) is 37.8 Å². The fraction of sp³-hybridized carbons (Fsp3) is 0.318. The standard InChI is InChI=1S/C22H25N7/c1-15-11-20(28(2)27-15)22-25-18-7-6-17(12-19(18)26-22)23-13-16-5-8-21(24-14-16)29-9-3-4-10-29/h5-8,11-12,14,23H,3-4,9-10,13H2,1-2H3,(H,25,26). The molecule has 0 atom stereocenters. The number of hydrogen-bond acceptors (Lipinski definition) is 5. The molecule has 2 N–H and O–H groups in total. The van der Waals surface area contributed by atoms with Gasteiger partial charge < -0.3 is 15.2 Å². The summed E-state index contributed by atoms with van der Waals surface area (Å²) in [5, 5.41) is 7.89. The zero-order valence-electron chi connectivity index (χ0n) is 16.8.